The molecule has 0 spiro atoms. The second-order valence-electron chi connectivity index (χ2n) is 8.60. The molecule has 0 saturated carbocycles. The van der Waals surface area contributed by atoms with Crippen LogP contribution in [0, 0.1) is 5.92 Å². The van der Waals surface area contributed by atoms with Crippen LogP contribution in [-0.4, -0.2) is 45.4 Å². The highest BCUT2D eigenvalue weighted by molar-refractivity contribution is 5.84. The predicted molar refractivity (Wildman–Crippen MR) is 116 cm³/mol. The first-order valence-electron chi connectivity index (χ1n) is 10.9. The van der Waals surface area contributed by atoms with Crippen LogP contribution >= 0.6 is 0 Å². The first-order valence-corrected chi connectivity index (χ1v) is 10.9. The lowest BCUT2D eigenvalue weighted by atomic mass is 9.85. The summed E-state index contributed by atoms with van der Waals surface area (Å²) in [6, 6.07) is 0.541. The van der Waals surface area contributed by atoms with Gasteiger partial charge in [0.15, 0.2) is 17.0 Å². The Morgan fingerprint density at radius 3 is 2.79 bits per heavy atom. The van der Waals surface area contributed by atoms with Crippen molar-refractivity contribution in [3.63, 3.8) is 0 Å². The van der Waals surface area contributed by atoms with Crippen LogP contribution in [-0.2, 0) is 11.3 Å². The fourth-order valence-electron chi connectivity index (χ4n) is 4.12. The number of hydrogen-bond donors (Lipinski definition) is 2. The van der Waals surface area contributed by atoms with Crippen molar-refractivity contribution in [1.82, 2.24) is 19.5 Å². The van der Waals surface area contributed by atoms with Gasteiger partial charge in [0.05, 0.1) is 12.7 Å². The summed E-state index contributed by atoms with van der Waals surface area (Å²) in [4.78, 5) is 13.5. The minimum absolute atomic E-state index is 0.0162. The molecule has 1 unspecified atom stereocenters. The van der Waals surface area contributed by atoms with Crippen LogP contribution in [0.4, 0.5) is 11.8 Å². The van der Waals surface area contributed by atoms with E-state index in [-0.39, 0.29) is 5.60 Å². The molecule has 3 rings (SSSR count). The number of nitrogens with two attached hydrogens (primary N) is 1. The molecule has 0 amide bonds. The summed E-state index contributed by atoms with van der Waals surface area (Å²) in [5.74, 6) is 1.68. The number of nitrogens with one attached hydrogen (secondary N) is 1. The molecule has 2 aromatic rings. The van der Waals surface area contributed by atoms with Crippen molar-refractivity contribution in [2.75, 3.05) is 31.3 Å². The molecule has 29 heavy (non-hydrogen) atoms. The molecule has 8 nitrogen and oxygen atoms in total. The number of fused-ring (bicyclic) bond motifs is 1. The molecule has 0 aliphatic carbocycles. The lowest BCUT2D eigenvalue weighted by molar-refractivity contribution is -0.0738. The van der Waals surface area contributed by atoms with Crippen molar-refractivity contribution in [2.45, 2.75) is 77.9 Å². The van der Waals surface area contributed by atoms with Crippen molar-refractivity contribution in [3.8, 4) is 6.01 Å². The summed E-state index contributed by atoms with van der Waals surface area (Å²) in [5.41, 5.74) is 7.50. The zero-order chi connectivity index (χ0) is 20.9. The van der Waals surface area contributed by atoms with Gasteiger partial charge in [-0.1, -0.05) is 26.2 Å². The smallest absolute Gasteiger partial charge is 0.298 e. The number of methoxy groups -OCH3 is 1. The molecule has 1 fully saturated rings. The van der Waals surface area contributed by atoms with Gasteiger partial charge in [0.25, 0.3) is 6.01 Å². The lowest BCUT2D eigenvalue weighted by Crippen LogP contribution is -2.33. The first kappa shape index (κ1) is 21.6. The van der Waals surface area contributed by atoms with Crippen molar-refractivity contribution in [3.05, 3.63) is 0 Å². The second-order valence-corrected chi connectivity index (χ2v) is 8.60. The molecule has 1 atom stereocenters. The van der Waals surface area contributed by atoms with Gasteiger partial charge in [0.2, 0.25) is 5.95 Å². The van der Waals surface area contributed by atoms with Gasteiger partial charge in [-0.25, -0.2) is 0 Å². The zero-order valence-corrected chi connectivity index (χ0v) is 18.3. The van der Waals surface area contributed by atoms with Gasteiger partial charge in [-0.3, -0.25) is 4.57 Å². The molecule has 3 heterocycles. The fourth-order valence-corrected chi connectivity index (χ4v) is 4.12. The van der Waals surface area contributed by atoms with Crippen molar-refractivity contribution < 1.29 is 9.47 Å². The molecule has 1 aliphatic heterocycles. The van der Waals surface area contributed by atoms with Gasteiger partial charge < -0.3 is 20.5 Å². The SMILES string of the molecule is CCCCNc1nc(N)c2nc(OC)n(CCCCC3CCOC(C)(C)C3)c2n1. The minimum Gasteiger partial charge on any atom is -0.468 e. The maximum atomic E-state index is 6.14. The maximum absolute atomic E-state index is 6.14. The molecule has 0 aromatic carbocycles. The standard InChI is InChI=1S/C21H36N6O2/c1-5-6-11-23-19-25-17(22)16-18(26-19)27(20(24-16)28-4)12-8-7-9-15-10-13-29-21(2,3)14-15/h15H,5-14H2,1-4H3,(H3,22,23,25,26). The van der Waals surface area contributed by atoms with Crippen LogP contribution in [0.5, 0.6) is 6.01 Å². The van der Waals surface area contributed by atoms with E-state index in [1.165, 1.54) is 6.42 Å². The quantitative estimate of drug-likeness (QED) is 0.577. The van der Waals surface area contributed by atoms with Crippen LogP contribution in [0.1, 0.15) is 65.7 Å². The summed E-state index contributed by atoms with van der Waals surface area (Å²) in [6.07, 6.45) is 7.91. The number of hydrogen-bond acceptors (Lipinski definition) is 7. The number of anilines is 2. The van der Waals surface area contributed by atoms with E-state index in [0.717, 1.165) is 69.8 Å². The Balaban J connectivity index is 1.65. The van der Waals surface area contributed by atoms with Gasteiger partial charge in [-0.2, -0.15) is 15.0 Å². The van der Waals surface area contributed by atoms with Crippen LogP contribution in [0.3, 0.4) is 0 Å². The topological polar surface area (TPSA) is 100 Å². The van der Waals surface area contributed by atoms with Gasteiger partial charge in [0, 0.05) is 19.7 Å². The van der Waals surface area contributed by atoms with Crippen LogP contribution in [0.2, 0.25) is 0 Å². The Labute approximate surface area is 173 Å². The molecular weight excluding hydrogens is 368 g/mol. The van der Waals surface area contributed by atoms with E-state index in [1.807, 2.05) is 4.57 Å². The average Bonchev–Trinajstić information content (AvgIpc) is 3.03. The third-order valence-corrected chi connectivity index (χ3v) is 5.63. The largest absolute Gasteiger partial charge is 0.468 e. The number of nitrogen functional groups attached to an aromatic ring is 1. The van der Waals surface area contributed by atoms with E-state index in [2.05, 4.69) is 41.0 Å². The van der Waals surface area contributed by atoms with Crippen molar-refractivity contribution in [2.24, 2.45) is 5.92 Å². The number of ether oxygens (including phenoxy) is 2. The number of unbranched alkanes of at least 4 members (excludes halogenated alkanes) is 2. The molecule has 1 saturated heterocycles. The third-order valence-electron chi connectivity index (χ3n) is 5.63. The van der Waals surface area contributed by atoms with Crippen molar-refractivity contribution in [1.29, 1.82) is 0 Å². The number of aryl methyl sites for hydroxylation is 1. The number of rotatable bonds is 10. The summed E-state index contributed by atoms with van der Waals surface area (Å²) < 4.78 is 13.3. The normalized spacial score (nSPS) is 18.8. The second kappa shape index (κ2) is 9.61. The van der Waals surface area contributed by atoms with Gasteiger partial charge in [0.1, 0.15) is 0 Å². The highest BCUT2D eigenvalue weighted by Crippen LogP contribution is 2.32. The van der Waals surface area contributed by atoms with Crippen LogP contribution < -0.4 is 15.8 Å². The molecule has 3 N–H and O–H groups in total. The summed E-state index contributed by atoms with van der Waals surface area (Å²) >= 11 is 0. The monoisotopic (exact) mass is 404 g/mol. The van der Waals surface area contributed by atoms with Crippen LogP contribution in [0.25, 0.3) is 11.2 Å². The Morgan fingerprint density at radius 2 is 2.07 bits per heavy atom. The minimum atomic E-state index is 0.0162. The van der Waals surface area contributed by atoms with E-state index >= 15 is 0 Å². The van der Waals surface area contributed by atoms with E-state index in [1.54, 1.807) is 7.11 Å². The van der Waals surface area contributed by atoms with Gasteiger partial charge in [-0.15, -0.1) is 0 Å². The first-order chi connectivity index (χ1) is 13.9. The number of nitrogens with zero attached hydrogens (tertiary/aromatic N) is 4. The zero-order valence-electron chi connectivity index (χ0n) is 18.3. The molecule has 8 heteroatoms. The summed E-state index contributed by atoms with van der Waals surface area (Å²) in [6.45, 7) is 9.05. The molecule has 0 radical (unpaired) electrons. The van der Waals surface area contributed by atoms with E-state index in [0.29, 0.717) is 23.3 Å². The third kappa shape index (κ3) is 5.50. The summed E-state index contributed by atoms with van der Waals surface area (Å²) in [5, 5.41) is 3.25. The average molecular weight is 405 g/mol. The highest BCUT2D eigenvalue weighted by atomic mass is 16.5. The molecule has 1 aliphatic rings. The summed E-state index contributed by atoms with van der Waals surface area (Å²) in [7, 11) is 1.63. The maximum Gasteiger partial charge on any atom is 0.298 e. The van der Waals surface area contributed by atoms with Crippen molar-refractivity contribution >= 4 is 22.9 Å². The number of imidazole rings is 1. The van der Waals surface area contributed by atoms with E-state index < -0.39 is 0 Å². The Hall–Kier alpha value is -2.09. The Morgan fingerprint density at radius 1 is 1.24 bits per heavy atom. The Bertz CT molecular complexity index is 804. The molecule has 0 bridgehead atoms. The number of aromatic nitrogens is 4. The van der Waals surface area contributed by atoms with Gasteiger partial charge >= 0.3 is 0 Å². The molecule has 162 valence electrons. The molecular formula is C21H36N6O2. The Kier molecular flexibility index (Phi) is 7.16. The van der Waals surface area contributed by atoms with E-state index in [4.69, 9.17) is 15.2 Å². The van der Waals surface area contributed by atoms with Gasteiger partial charge in [-0.05, 0) is 45.4 Å². The molecule has 2 aromatic heterocycles. The fraction of sp³-hybridized carbons (Fsp3) is 0.762. The predicted octanol–water partition coefficient (Wildman–Crippen LogP) is 4.00. The lowest BCUT2D eigenvalue weighted by Gasteiger charge is -2.35. The van der Waals surface area contributed by atoms with Crippen LogP contribution in [0.15, 0.2) is 0 Å². The van der Waals surface area contributed by atoms with E-state index in [9.17, 15) is 0 Å². The highest BCUT2D eigenvalue weighted by Gasteiger charge is 2.28.